The molecule has 1 aromatic heterocycles. The smallest absolute Gasteiger partial charge is 0.189 e. The molecule has 1 aromatic rings. The van der Waals surface area contributed by atoms with Crippen LogP contribution in [0.1, 0.15) is 42.6 Å². The summed E-state index contributed by atoms with van der Waals surface area (Å²) in [4.78, 5) is 15.9. The summed E-state index contributed by atoms with van der Waals surface area (Å²) < 4.78 is 0. The fourth-order valence-corrected chi connectivity index (χ4v) is 1.49. The molecule has 0 saturated heterocycles. The quantitative estimate of drug-likeness (QED) is 0.624. The van der Waals surface area contributed by atoms with Gasteiger partial charge in [-0.25, -0.2) is 4.98 Å². The van der Waals surface area contributed by atoms with E-state index in [-0.39, 0.29) is 5.78 Å². The summed E-state index contributed by atoms with van der Waals surface area (Å²) in [7, 11) is 0. The minimum absolute atomic E-state index is 0.0487. The number of nitrogen functional groups attached to an aromatic ring is 1. The molecule has 0 unspecified atom stereocenters. The number of aryl methyl sites for hydroxylation is 1. The number of hydrogen-bond acceptors (Lipinski definition) is 3. The summed E-state index contributed by atoms with van der Waals surface area (Å²) in [5, 5.41) is 0. The first-order chi connectivity index (χ1) is 7.58. The Bertz CT molecular complexity index is 416. The zero-order chi connectivity index (χ0) is 12.1. The van der Waals surface area contributed by atoms with E-state index in [1.165, 1.54) is 0 Å². The van der Waals surface area contributed by atoms with Crippen LogP contribution in [0.5, 0.6) is 0 Å². The third kappa shape index (κ3) is 2.92. The van der Waals surface area contributed by atoms with Crippen LogP contribution in [-0.4, -0.2) is 10.8 Å². The molecule has 0 saturated carbocycles. The van der Waals surface area contributed by atoms with E-state index in [2.05, 4.69) is 4.98 Å². The maximum atomic E-state index is 11.9. The highest BCUT2D eigenvalue weighted by molar-refractivity contribution is 6.08. The van der Waals surface area contributed by atoms with Gasteiger partial charge in [0.25, 0.3) is 0 Å². The first-order valence-corrected chi connectivity index (χ1v) is 5.54. The normalized spacial score (nSPS) is 9.94. The fourth-order valence-electron chi connectivity index (χ4n) is 1.49. The van der Waals surface area contributed by atoms with Gasteiger partial charge in [-0.1, -0.05) is 19.4 Å². The molecule has 1 heterocycles. The molecule has 86 valence electrons. The van der Waals surface area contributed by atoms with E-state index in [0.29, 0.717) is 11.4 Å². The van der Waals surface area contributed by atoms with Gasteiger partial charge in [0.15, 0.2) is 5.78 Å². The largest absolute Gasteiger partial charge is 0.383 e. The average molecular weight is 218 g/mol. The van der Waals surface area contributed by atoms with E-state index in [1.54, 1.807) is 18.3 Å². The molecule has 1 rings (SSSR count). The Kier molecular flexibility index (Phi) is 4.23. The van der Waals surface area contributed by atoms with Crippen LogP contribution in [0, 0.1) is 6.92 Å². The monoisotopic (exact) mass is 218 g/mol. The van der Waals surface area contributed by atoms with Gasteiger partial charge in [0.05, 0.1) is 5.56 Å². The maximum absolute atomic E-state index is 11.9. The highest BCUT2D eigenvalue weighted by Gasteiger charge is 2.09. The van der Waals surface area contributed by atoms with Gasteiger partial charge in [-0.3, -0.25) is 4.79 Å². The minimum Gasteiger partial charge on any atom is -0.383 e. The molecule has 0 fully saturated rings. The van der Waals surface area contributed by atoms with Crippen LogP contribution in [0.15, 0.2) is 23.9 Å². The predicted molar refractivity (Wildman–Crippen MR) is 66.4 cm³/mol. The topological polar surface area (TPSA) is 56.0 Å². The molecule has 0 aliphatic rings. The van der Waals surface area contributed by atoms with Crippen molar-refractivity contribution < 1.29 is 4.79 Å². The predicted octanol–water partition coefficient (Wildman–Crippen LogP) is 2.90. The van der Waals surface area contributed by atoms with Crippen LogP contribution in [0.4, 0.5) is 5.82 Å². The molecule has 3 heteroatoms. The lowest BCUT2D eigenvalue weighted by Gasteiger charge is -2.04. The number of nitrogens with zero attached hydrogens (tertiary/aromatic N) is 1. The molecule has 0 radical (unpaired) electrons. The number of anilines is 1. The highest BCUT2D eigenvalue weighted by Crippen LogP contribution is 2.14. The molecule has 0 aliphatic carbocycles. The Labute approximate surface area is 96.4 Å². The Morgan fingerprint density at radius 2 is 2.06 bits per heavy atom. The number of aromatic nitrogens is 1. The van der Waals surface area contributed by atoms with Gasteiger partial charge in [-0.05, 0) is 37.5 Å². The van der Waals surface area contributed by atoms with E-state index in [1.807, 2.05) is 20.8 Å². The van der Waals surface area contributed by atoms with Crippen molar-refractivity contribution in [1.82, 2.24) is 4.98 Å². The van der Waals surface area contributed by atoms with E-state index in [4.69, 9.17) is 5.73 Å². The Morgan fingerprint density at radius 3 is 2.62 bits per heavy atom. The van der Waals surface area contributed by atoms with Crippen molar-refractivity contribution in [3.05, 3.63) is 35.0 Å². The van der Waals surface area contributed by atoms with E-state index < -0.39 is 0 Å². The molecule has 2 N–H and O–H groups in total. The van der Waals surface area contributed by atoms with Crippen molar-refractivity contribution in [3.8, 4) is 0 Å². The summed E-state index contributed by atoms with van der Waals surface area (Å²) in [5.74, 6) is 0.255. The first kappa shape index (κ1) is 12.4. The summed E-state index contributed by atoms with van der Waals surface area (Å²) in [6.45, 7) is 5.98. The van der Waals surface area contributed by atoms with Crippen LogP contribution < -0.4 is 5.73 Å². The van der Waals surface area contributed by atoms with Crippen molar-refractivity contribution in [1.29, 1.82) is 0 Å². The fraction of sp³-hybridized carbons (Fsp3) is 0.385. The van der Waals surface area contributed by atoms with E-state index >= 15 is 0 Å². The maximum Gasteiger partial charge on any atom is 0.189 e. The number of nitrogens with two attached hydrogens (primary N) is 1. The van der Waals surface area contributed by atoms with Crippen molar-refractivity contribution in [2.75, 3.05) is 5.73 Å². The lowest BCUT2D eigenvalue weighted by atomic mass is 10.0. The third-order valence-corrected chi connectivity index (χ3v) is 2.56. The van der Waals surface area contributed by atoms with Gasteiger partial charge >= 0.3 is 0 Å². The van der Waals surface area contributed by atoms with Crippen LogP contribution in [0.2, 0.25) is 0 Å². The number of rotatable bonds is 4. The van der Waals surface area contributed by atoms with Gasteiger partial charge in [-0.15, -0.1) is 0 Å². The highest BCUT2D eigenvalue weighted by atomic mass is 16.1. The van der Waals surface area contributed by atoms with Crippen LogP contribution in [0.3, 0.4) is 0 Å². The minimum atomic E-state index is -0.0487. The van der Waals surface area contributed by atoms with Gasteiger partial charge in [-0.2, -0.15) is 0 Å². The number of allylic oxidation sites excluding steroid dienone is 2. The molecule has 0 amide bonds. The molecule has 3 nitrogen and oxygen atoms in total. The first-order valence-electron chi connectivity index (χ1n) is 5.54. The number of ketones is 1. The van der Waals surface area contributed by atoms with Crippen molar-refractivity contribution in [2.45, 2.75) is 33.6 Å². The second-order valence-corrected chi connectivity index (χ2v) is 3.82. The Balaban J connectivity index is 3.05. The molecular formula is C13H18N2O. The van der Waals surface area contributed by atoms with Gasteiger partial charge < -0.3 is 5.73 Å². The molecule has 0 atom stereocenters. The molecule has 0 aliphatic heterocycles. The summed E-state index contributed by atoms with van der Waals surface area (Å²) in [6, 6.07) is 1.78. The molecule has 0 spiro atoms. The second kappa shape index (κ2) is 5.45. The second-order valence-electron chi connectivity index (χ2n) is 3.82. The van der Waals surface area contributed by atoms with Crippen molar-refractivity contribution >= 4 is 11.6 Å². The number of pyridine rings is 1. The SMILES string of the molecule is CCC(=CC(=O)c1cc(C)cnc1N)CC. The van der Waals surface area contributed by atoms with Crippen molar-refractivity contribution in [3.63, 3.8) is 0 Å². The third-order valence-electron chi connectivity index (χ3n) is 2.56. The van der Waals surface area contributed by atoms with Crippen LogP contribution in [0.25, 0.3) is 0 Å². The molecular weight excluding hydrogens is 200 g/mol. The van der Waals surface area contributed by atoms with Crippen molar-refractivity contribution in [2.24, 2.45) is 0 Å². The Morgan fingerprint density at radius 1 is 1.44 bits per heavy atom. The number of carbonyl (C=O) groups is 1. The standard InChI is InChI=1S/C13H18N2O/c1-4-10(5-2)7-12(16)11-6-9(3)8-15-13(11)14/h6-8H,4-5H2,1-3H3,(H2,14,15). The summed E-state index contributed by atoms with van der Waals surface area (Å²) in [5.41, 5.74) is 8.26. The molecule has 16 heavy (non-hydrogen) atoms. The molecule has 0 bridgehead atoms. The van der Waals surface area contributed by atoms with Gasteiger partial charge in [0, 0.05) is 6.20 Å². The van der Waals surface area contributed by atoms with Crippen LogP contribution >= 0.6 is 0 Å². The van der Waals surface area contributed by atoms with E-state index in [9.17, 15) is 4.79 Å². The summed E-state index contributed by atoms with van der Waals surface area (Å²) in [6.07, 6.45) is 5.12. The van der Waals surface area contributed by atoms with Crippen LogP contribution in [-0.2, 0) is 0 Å². The number of hydrogen-bond donors (Lipinski definition) is 1. The average Bonchev–Trinajstić information content (AvgIpc) is 2.28. The number of carbonyl (C=O) groups excluding carboxylic acids is 1. The zero-order valence-corrected chi connectivity index (χ0v) is 10.1. The summed E-state index contributed by atoms with van der Waals surface area (Å²) >= 11 is 0. The van der Waals surface area contributed by atoms with Gasteiger partial charge in [0.1, 0.15) is 5.82 Å². The molecule has 0 aromatic carbocycles. The van der Waals surface area contributed by atoms with E-state index in [0.717, 1.165) is 24.0 Å². The van der Waals surface area contributed by atoms with Gasteiger partial charge in [0.2, 0.25) is 0 Å². The zero-order valence-electron chi connectivity index (χ0n) is 10.1. The lowest BCUT2D eigenvalue weighted by Crippen LogP contribution is -2.04. The Hall–Kier alpha value is -1.64. The lowest BCUT2D eigenvalue weighted by molar-refractivity contribution is 0.104.